The average Bonchev–Trinajstić information content (AvgIpc) is 3.13. The molecule has 0 radical (unpaired) electrons. The molecule has 1 spiro atoms. The minimum absolute atomic E-state index is 0.109. The van der Waals surface area contributed by atoms with Gasteiger partial charge in [-0.15, -0.1) is 0 Å². The highest BCUT2D eigenvalue weighted by Gasteiger charge is 2.48. The van der Waals surface area contributed by atoms with Gasteiger partial charge in [-0.1, -0.05) is 25.3 Å². The Labute approximate surface area is 162 Å². The quantitative estimate of drug-likeness (QED) is 0.679. The lowest BCUT2D eigenvalue weighted by Gasteiger charge is -2.46. The van der Waals surface area contributed by atoms with Crippen molar-refractivity contribution in [2.24, 2.45) is 0 Å². The number of pyridine rings is 1. The highest BCUT2D eigenvalue weighted by molar-refractivity contribution is 5.20. The van der Waals surface area contributed by atoms with E-state index in [0.717, 1.165) is 43.7 Å². The minimum atomic E-state index is 0.109. The molecule has 2 aromatic heterocycles. The fourth-order valence-corrected chi connectivity index (χ4v) is 5.20. The van der Waals surface area contributed by atoms with Crippen molar-refractivity contribution in [1.82, 2.24) is 15.0 Å². The predicted molar refractivity (Wildman–Crippen MR) is 107 cm³/mol. The molecule has 0 aromatic carbocycles. The summed E-state index contributed by atoms with van der Waals surface area (Å²) in [4.78, 5) is 13.7. The molecule has 2 aliphatic rings. The lowest BCUT2D eigenvalue weighted by Crippen LogP contribution is -2.46. The molecule has 4 heteroatoms. The van der Waals surface area contributed by atoms with Crippen molar-refractivity contribution < 1.29 is 4.74 Å². The Morgan fingerprint density at radius 2 is 1.96 bits per heavy atom. The van der Waals surface area contributed by atoms with E-state index < -0.39 is 0 Å². The number of aromatic nitrogens is 3. The molecule has 1 aliphatic heterocycles. The van der Waals surface area contributed by atoms with E-state index in [-0.39, 0.29) is 11.0 Å². The van der Waals surface area contributed by atoms with Crippen molar-refractivity contribution in [3.8, 4) is 0 Å². The normalized spacial score (nSPS) is 24.3. The van der Waals surface area contributed by atoms with Crippen LogP contribution < -0.4 is 0 Å². The molecule has 1 saturated carbocycles. The van der Waals surface area contributed by atoms with E-state index in [9.17, 15) is 0 Å². The summed E-state index contributed by atoms with van der Waals surface area (Å²) in [5.74, 6) is 0. The fraction of sp³-hybridized carbons (Fsp3) is 0.609. The minimum Gasteiger partial charge on any atom is -0.375 e. The van der Waals surface area contributed by atoms with Crippen LogP contribution in [0, 0.1) is 6.92 Å². The first-order chi connectivity index (χ1) is 13.2. The molecule has 1 unspecified atom stereocenters. The van der Waals surface area contributed by atoms with Crippen LogP contribution in [0.5, 0.6) is 0 Å². The van der Waals surface area contributed by atoms with Crippen LogP contribution in [-0.4, -0.2) is 27.2 Å². The summed E-state index contributed by atoms with van der Waals surface area (Å²) in [5, 5.41) is 0. The third-order valence-electron chi connectivity index (χ3n) is 6.52. The zero-order chi connectivity index (χ0) is 18.6. The zero-order valence-electron chi connectivity index (χ0n) is 16.5. The zero-order valence-corrected chi connectivity index (χ0v) is 16.5. The van der Waals surface area contributed by atoms with Gasteiger partial charge in [0.2, 0.25) is 0 Å². The molecule has 1 saturated heterocycles. The van der Waals surface area contributed by atoms with Gasteiger partial charge in [0.15, 0.2) is 0 Å². The smallest absolute Gasteiger partial charge is 0.0691 e. The molecular weight excluding hydrogens is 334 g/mol. The van der Waals surface area contributed by atoms with Crippen LogP contribution in [0.2, 0.25) is 0 Å². The maximum absolute atomic E-state index is 6.35. The lowest BCUT2D eigenvalue weighted by atomic mass is 9.67. The fourth-order valence-electron chi connectivity index (χ4n) is 5.20. The Kier molecular flexibility index (Phi) is 5.53. The Balaban J connectivity index is 1.45. The second-order valence-corrected chi connectivity index (χ2v) is 8.52. The highest BCUT2D eigenvalue weighted by Crippen LogP contribution is 2.50. The van der Waals surface area contributed by atoms with Gasteiger partial charge in [0.05, 0.1) is 17.0 Å². The summed E-state index contributed by atoms with van der Waals surface area (Å²) in [6, 6.07) is 6.40. The molecule has 4 rings (SSSR count). The molecule has 0 N–H and O–H groups in total. The first-order valence-corrected chi connectivity index (χ1v) is 10.5. The van der Waals surface area contributed by atoms with Crippen molar-refractivity contribution in [3.05, 3.63) is 53.9 Å². The lowest BCUT2D eigenvalue weighted by molar-refractivity contribution is -0.104. The molecular formula is C23H31N3O. The SMILES string of the molecule is Cc1cncc(CCCCC2(c3ccccn3)CCOC3(CCCC3)C2)n1. The predicted octanol–water partition coefficient (Wildman–Crippen LogP) is 4.95. The van der Waals surface area contributed by atoms with E-state index >= 15 is 0 Å². The van der Waals surface area contributed by atoms with E-state index in [2.05, 4.69) is 22.1 Å². The third-order valence-corrected chi connectivity index (χ3v) is 6.52. The van der Waals surface area contributed by atoms with Gasteiger partial charge in [-0.25, -0.2) is 0 Å². The van der Waals surface area contributed by atoms with Gasteiger partial charge < -0.3 is 4.74 Å². The number of hydrogen-bond donors (Lipinski definition) is 0. The van der Waals surface area contributed by atoms with Crippen molar-refractivity contribution in [3.63, 3.8) is 0 Å². The number of rotatable bonds is 6. The van der Waals surface area contributed by atoms with Crippen molar-refractivity contribution in [1.29, 1.82) is 0 Å². The first kappa shape index (κ1) is 18.5. The molecule has 27 heavy (non-hydrogen) atoms. The van der Waals surface area contributed by atoms with E-state index in [1.807, 2.05) is 31.6 Å². The third kappa shape index (κ3) is 4.21. The number of hydrogen-bond acceptors (Lipinski definition) is 4. The largest absolute Gasteiger partial charge is 0.375 e. The molecule has 144 valence electrons. The summed E-state index contributed by atoms with van der Waals surface area (Å²) in [6.45, 7) is 2.88. The van der Waals surface area contributed by atoms with E-state index in [4.69, 9.17) is 9.72 Å². The molecule has 2 aromatic rings. The van der Waals surface area contributed by atoms with Gasteiger partial charge in [-0.2, -0.15) is 0 Å². The molecule has 1 aliphatic carbocycles. The van der Waals surface area contributed by atoms with Gasteiger partial charge in [-0.05, 0) is 64.0 Å². The summed E-state index contributed by atoms with van der Waals surface area (Å²) in [6.07, 6.45) is 17.5. The second kappa shape index (κ2) is 8.05. The van der Waals surface area contributed by atoms with Crippen LogP contribution in [-0.2, 0) is 16.6 Å². The van der Waals surface area contributed by atoms with Crippen LogP contribution in [0.4, 0.5) is 0 Å². The van der Waals surface area contributed by atoms with Crippen LogP contribution in [0.15, 0.2) is 36.8 Å². The first-order valence-electron chi connectivity index (χ1n) is 10.5. The standard InChI is InChI=1S/C23H31N3O/c1-19-16-24-17-20(26-19)8-2-4-10-22(21-9-3-7-14-25-21)13-15-27-23(18-22)11-5-6-12-23/h3,7,9,14,16-17H,2,4-6,8,10-13,15,18H2,1H3. The molecule has 4 nitrogen and oxygen atoms in total. The Hall–Kier alpha value is -1.81. The van der Waals surface area contributed by atoms with Crippen molar-refractivity contribution >= 4 is 0 Å². The van der Waals surface area contributed by atoms with E-state index in [1.54, 1.807) is 0 Å². The van der Waals surface area contributed by atoms with Crippen LogP contribution in [0.25, 0.3) is 0 Å². The number of aryl methyl sites for hydroxylation is 2. The van der Waals surface area contributed by atoms with Gasteiger partial charge in [0.1, 0.15) is 0 Å². The average molecular weight is 366 g/mol. The number of ether oxygens (including phenoxy) is 1. The summed E-state index contributed by atoms with van der Waals surface area (Å²) >= 11 is 0. The summed E-state index contributed by atoms with van der Waals surface area (Å²) in [7, 11) is 0. The molecule has 0 bridgehead atoms. The monoisotopic (exact) mass is 365 g/mol. The molecule has 0 amide bonds. The van der Waals surface area contributed by atoms with E-state index in [0.29, 0.717) is 0 Å². The van der Waals surface area contributed by atoms with Crippen LogP contribution >= 0.6 is 0 Å². The van der Waals surface area contributed by atoms with Crippen molar-refractivity contribution in [2.75, 3.05) is 6.61 Å². The number of nitrogens with zero attached hydrogens (tertiary/aromatic N) is 3. The van der Waals surface area contributed by atoms with Gasteiger partial charge in [0, 0.05) is 36.3 Å². The molecule has 1 atom stereocenters. The van der Waals surface area contributed by atoms with Crippen LogP contribution in [0.1, 0.15) is 74.9 Å². The van der Waals surface area contributed by atoms with Crippen molar-refractivity contribution in [2.45, 2.75) is 82.1 Å². The Morgan fingerprint density at radius 3 is 2.74 bits per heavy atom. The highest BCUT2D eigenvalue weighted by atomic mass is 16.5. The summed E-state index contributed by atoms with van der Waals surface area (Å²) in [5.41, 5.74) is 3.67. The second-order valence-electron chi connectivity index (χ2n) is 8.52. The summed E-state index contributed by atoms with van der Waals surface area (Å²) < 4.78 is 6.35. The van der Waals surface area contributed by atoms with Crippen LogP contribution in [0.3, 0.4) is 0 Å². The van der Waals surface area contributed by atoms with E-state index in [1.165, 1.54) is 44.2 Å². The maximum Gasteiger partial charge on any atom is 0.0691 e. The Morgan fingerprint density at radius 1 is 1.07 bits per heavy atom. The van der Waals surface area contributed by atoms with Gasteiger partial charge in [-0.3, -0.25) is 15.0 Å². The topological polar surface area (TPSA) is 47.9 Å². The van der Waals surface area contributed by atoms with Gasteiger partial charge >= 0.3 is 0 Å². The van der Waals surface area contributed by atoms with Gasteiger partial charge in [0.25, 0.3) is 0 Å². The molecule has 3 heterocycles. The Bertz CT molecular complexity index is 742. The number of unbranched alkanes of at least 4 members (excludes halogenated alkanes) is 1. The molecule has 2 fully saturated rings. The maximum atomic E-state index is 6.35.